The van der Waals surface area contributed by atoms with Gasteiger partial charge in [-0.25, -0.2) is 9.67 Å². The molecule has 4 nitrogen and oxygen atoms in total. The average molecular weight is 294 g/mol. The molecule has 0 bridgehead atoms. The van der Waals surface area contributed by atoms with E-state index in [0.29, 0.717) is 11.3 Å². The Balaban J connectivity index is 2.48. The number of alkyl halides is 3. The Bertz CT molecular complexity index is 684. The number of rotatable bonds is 3. The van der Waals surface area contributed by atoms with Crippen LogP contribution in [0.4, 0.5) is 13.2 Å². The highest BCUT2D eigenvalue weighted by atomic mass is 19.4. The van der Waals surface area contributed by atoms with Crippen LogP contribution < -0.4 is 5.73 Å². The highest BCUT2D eigenvalue weighted by Gasteiger charge is 2.33. The predicted octanol–water partition coefficient (Wildman–Crippen LogP) is 3.24. The number of aliphatic imine (C=N–C) groups is 1. The van der Waals surface area contributed by atoms with Crippen LogP contribution in [0.5, 0.6) is 0 Å². The number of hydrogen-bond donors (Lipinski definition) is 1. The van der Waals surface area contributed by atoms with E-state index in [1.807, 2.05) is 0 Å². The summed E-state index contributed by atoms with van der Waals surface area (Å²) >= 11 is 0. The second-order valence-electron chi connectivity index (χ2n) is 4.14. The second kappa shape index (κ2) is 5.82. The Labute approximate surface area is 119 Å². The van der Waals surface area contributed by atoms with Crippen LogP contribution in [0.25, 0.3) is 11.4 Å². The third kappa shape index (κ3) is 3.13. The Morgan fingerprint density at radius 3 is 2.67 bits per heavy atom. The largest absolute Gasteiger partial charge is 0.418 e. The van der Waals surface area contributed by atoms with Crippen molar-refractivity contribution in [3.05, 3.63) is 53.9 Å². The molecule has 2 aromatic rings. The smallest absolute Gasteiger partial charge is 0.390 e. The molecule has 2 N–H and O–H groups in total. The van der Waals surface area contributed by atoms with Gasteiger partial charge in [0.1, 0.15) is 0 Å². The number of hydrogen-bond acceptors (Lipinski definition) is 2. The maximum absolute atomic E-state index is 13.0. The van der Waals surface area contributed by atoms with Crippen molar-refractivity contribution >= 4 is 12.0 Å². The lowest BCUT2D eigenvalue weighted by atomic mass is 10.1. The van der Waals surface area contributed by atoms with Gasteiger partial charge in [-0.1, -0.05) is 18.2 Å². The molecule has 0 radical (unpaired) electrons. The first-order valence-electron chi connectivity index (χ1n) is 6.09. The molecule has 0 spiro atoms. The Morgan fingerprint density at radius 2 is 2.05 bits per heavy atom. The summed E-state index contributed by atoms with van der Waals surface area (Å²) < 4.78 is 40.2. The monoisotopic (exact) mass is 294 g/mol. The lowest BCUT2D eigenvalue weighted by Crippen LogP contribution is -2.10. The second-order valence-corrected chi connectivity index (χ2v) is 4.14. The van der Waals surface area contributed by atoms with Crippen molar-refractivity contribution in [1.82, 2.24) is 9.78 Å². The van der Waals surface area contributed by atoms with Gasteiger partial charge in [-0.3, -0.25) is 0 Å². The minimum absolute atomic E-state index is 0.0385. The fourth-order valence-corrected chi connectivity index (χ4v) is 1.90. The van der Waals surface area contributed by atoms with E-state index < -0.39 is 11.7 Å². The summed E-state index contributed by atoms with van der Waals surface area (Å²) in [6, 6.07) is 5.25. The highest BCUT2D eigenvalue weighted by molar-refractivity contribution is 5.71. The van der Waals surface area contributed by atoms with Crippen LogP contribution in [0.1, 0.15) is 18.1 Å². The number of halogens is 3. The minimum Gasteiger partial charge on any atom is -0.390 e. The van der Waals surface area contributed by atoms with E-state index in [1.165, 1.54) is 35.3 Å². The zero-order valence-electron chi connectivity index (χ0n) is 11.2. The molecule has 0 aliphatic carbocycles. The Hall–Kier alpha value is -2.57. The van der Waals surface area contributed by atoms with Crippen molar-refractivity contribution in [1.29, 1.82) is 0 Å². The van der Waals surface area contributed by atoms with Gasteiger partial charge in [0, 0.05) is 11.8 Å². The van der Waals surface area contributed by atoms with Gasteiger partial charge in [0.15, 0.2) is 0 Å². The van der Waals surface area contributed by atoms with Crippen LogP contribution >= 0.6 is 0 Å². The van der Waals surface area contributed by atoms with Crippen LogP contribution in [0.2, 0.25) is 0 Å². The van der Waals surface area contributed by atoms with Crippen LogP contribution in [0.3, 0.4) is 0 Å². The molecule has 1 heterocycles. The third-order valence-corrected chi connectivity index (χ3v) is 2.82. The van der Waals surface area contributed by atoms with Gasteiger partial charge >= 0.3 is 6.18 Å². The molecule has 0 unspecified atom stereocenters. The number of nitrogens with zero attached hydrogens (tertiary/aromatic N) is 3. The van der Waals surface area contributed by atoms with Gasteiger partial charge in [0.2, 0.25) is 0 Å². The molecular formula is C14H13F3N4. The Morgan fingerprint density at radius 1 is 1.33 bits per heavy atom. The van der Waals surface area contributed by atoms with E-state index in [1.54, 1.807) is 13.0 Å². The van der Waals surface area contributed by atoms with Gasteiger partial charge in [-0.15, -0.1) is 0 Å². The number of benzene rings is 1. The summed E-state index contributed by atoms with van der Waals surface area (Å²) in [5.74, 6) is 0. The van der Waals surface area contributed by atoms with Gasteiger partial charge in [0.25, 0.3) is 0 Å². The molecule has 0 aliphatic heterocycles. The van der Waals surface area contributed by atoms with Crippen molar-refractivity contribution in [3.63, 3.8) is 0 Å². The van der Waals surface area contributed by atoms with E-state index in [9.17, 15) is 13.2 Å². The summed E-state index contributed by atoms with van der Waals surface area (Å²) in [5.41, 5.74) is 5.56. The molecule has 1 aromatic heterocycles. The summed E-state index contributed by atoms with van der Waals surface area (Å²) in [6.07, 6.45) is 1.29. The molecule has 0 saturated carbocycles. The fourth-order valence-electron chi connectivity index (χ4n) is 1.90. The fraction of sp³-hybridized carbons (Fsp3) is 0.143. The highest BCUT2D eigenvalue weighted by Crippen LogP contribution is 2.33. The average Bonchev–Trinajstić information content (AvgIpc) is 2.93. The van der Waals surface area contributed by atoms with Crippen molar-refractivity contribution in [2.24, 2.45) is 10.7 Å². The number of nitrogens with two attached hydrogens (primary N) is 1. The predicted molar refractivity (Wildman–Crippen MR) is 74.9 cm³/mol. The standard InChI is InChI=1S/C14H13F3N4/c1-2-12(19-9-18)10-7-20-21(8-10)13-6-4-3-5-11(13)14(15,16)17/h2-9H,1H3,(H2,18,19)/b12-2-. The zero-order valence-corrected chi connectivity index (χ0v) is 11.2. The zero-order chi connectivity index (χ0) is 15.5. The van der Waals surface area contributed by atoms with E-state index in [0.717, 1.165) is 12.4 Å². The van der Waals surface area contributed by atoms with Crippen molar-refractivity contribution in [3.8, 4) is 5.69 Å². The van der Waals surface area contributed by atoms with Gasteiger partial charge in [0.05, 0.1) is 29.5 Å². The van der Waals surface area contributed by atoms with Crippen LogP contribution in [0, 0.1) is 0 Å². The summed E-state index contributed by atoms with van der Waals surface area (Å²) in [5, 5.41) is 3.97. The molecule has 2 rings (SSSR count). The van der Waals surface area contributed by atoms with Crippen molar-refractivity contribution in [2.75, 3.05) is 0 Å². The molecule has 7 heteroatoms. The SMILES string of the molecule is C/C=C(\N=CN)c1cnn(-c2ccccc2C(F)(F)F)c1. The number of allylic oxidation sites excluding steroid dienone is 1. The van der Waals surface area contributed by atoms with Gasteiger partial charge in [-0.2, -0.15) is 18.3 Å². The third-order valence-electron chi connectivity index (χ3n) is 2.82. The molecule has 0 fully saturated rings. The molecule has 0 atom stereocenters. The van der Waals surface area contributed by atoms with Crippen molar-refractivity contribution < 1.29 is 13.2 Å². The first-order valence-corrected chi connectivity index (χ1v) is 6.09. The van der Waals surface area contributed by atoms with E-state index in [2.05, 4.69) is 10.1 Å². The van der Waals surface area contributed by atoms with Crippen LogP contribution in [-0.2, 0) is 6.18 Å². The van der Waals surface area contributed by atoms with E-state index in [-0.39, 0.29) is 5.69 Å². The molecule has 0 amide bonds. The molecule has 21 heavy (non-hydrogen) atoms. The summed E-state index contributed by atoms with van der Waals surface area (Å²) in [6.45, 7) is 1.75. The van der Waals surface area contributed by atoms with Crippen LogP contribution in [-0.4, -0.2) is 16.1 Å². The number of para-hydroxylation sites is 1. The summed E-state index contributed by atoms with van der Waals surface area (Å²) in [7, 11) is 0. The molecule has 0 aliphatic rings. The molecule has 0 saturated heterocycles. The van der Waals surface area contributed by atoms with E-state index >= 15 is 0 Å². The topological polar surface area (TPSA) is 56.2 Å². The molecule has 110 valence electrons. The minimum atomic E-state index is -4.44. The first-order chi connectivity index (χ1) is 9.97. The van der Waals surface area contributed by atoms with Crippen molar-refractivity contribution in [2.45, 2.75) is 13.1 Å². The Kier molecular flexibility index (Phi) is 4.11. The maximum Gasteiger partial charge on any atom is 0.418 e. The lowest BCUT2D eigenvalue weighted by Gasteiger charge is -2.12. The summed E-state index contributed by atoms with van der Waals surface area (Å²) in [4.78, 5) is 3.93. The maximum atomic E-state index is 13.0. The van der Waals surface area contributed by atoms with E-state index in [4.69, 9.17) is 5.73 Å². The van der Waals surface area contributed by atoms with Crippen LogP contribution in [0.15, 0.2) is 47.7 Å². The van der Waals surface area contributed by atoms with Gasteiger partial charge in [-0.05, 0) is 19.1 Å². The lowest BCUT2D eigenvalue weighted by molar-refractivity contribution is -0.137. The number of aromatic nitrogens is 2. The van der Waals surface area contributed by atoms with Gasteiger partial charge < -0.3 is 5.73 Å². The normalized spacial score (nSPS) is 13.0. The molecule has 1 aromatic carbocycles. The quantitative estimate of drug-likeness (QED) is 0.698. The molecular weight excluding hydrogens is 281 g/mol. The first kappa shape index (κ1) is 14.8.